The molecular formula is C17H21BrN4O2S. The summed E-state index contributed by atoms with van der Waals surface area (Å²) in [5, 5.41) is 9.82. The Morgan fingerprint density at radius 2 is 2.24 bits per heavy atom. The molecule has 6 nitrogen and oxygen atoms in total. The standard InChI is InChI=1S/C17H21BrN4O2S/c1-3-19-17(20-5-4-13-9-25-11(2)22-13)21-8-12-6-14(18)16-15(7-12)23-10-24-16/h6-7,9H,3-5,8,10H2,1-2H3,(H2,19,20,21). The van der Waals surface area contributed by atoms with Gasteiger partial charge in [0.15, 0.2) is 17.5 Å². The van der Waals surface area contributed by atoms with Gasteiger partial charge in [-0.3, -0.25) is 0 Å². The zero-order chi connectivity index (χ0) is 17.6. The molecule has 2 heterocycles. The van der Waals surface area contributed by atoms with Crippen LogP contribution in [-0.4, -0.2) is 30.8 Å². The highest BCUT2D eigenvalue weighted by Gasteiger charge is 2.17. The van der Waals surface area contributed by atoms with Crippen LogP contribution in [0, 0.1) is 6.92 Å². The smallest absolute Gasteiger partial charge is 0.231 e. The fraction of sp³-hybridized carbons (Fsp3) is 0.412. The Morgan fingerprint density at radius 3 is 3.00 bits per heavy atom. The Labute approximate surface area is 159 Å². The predicted molar refractivity (Wildman–Crippen MR) is 104 cm³/mol. The van der Waals surface area contributed by atoms with E-state index in [2.05, 4.69) is 48.8 Å². The highest BCUT2D eigenvalue weighted by atomic mass is 79.9. The number of benzene rings is 1. The number of nitrogens with zero attached hydrogens (tertiary/aromatic N) is 2. The number of fused-ring (bicyclic) bond motifs is 1. The number of aromatic nitrogens is 1. The van der Waals surface area contributed by atoms with E-state index >= 15 is 0 Å². The number of hydrogen-bond acceptors (Lipinski definition) is 5. The topological polar surface area (TPSA) is 67.8 Å². The van der Waals surface area contributed by atoms with Crippen molar-refractivity contribution in [3.8, 4) is 11.5 Å². The van der Waals surface area contributed by atoms with Gasteiger partial charge in [0.2, 0.25) is 6.79 Å². The van der Waals surface area contributed by atoms with Crippen molar-refractivity contribution in [3.05, 3.63) is 38.3 Å². The third-order valence-electron chi connectivity index (χ3n) is 3.59. The summed E-state index contributed by atoms with van der Waals surface area (Å²) < 4.78 is 11.8. The monoisotopic (exact) mass is 424 g/mol. The van der Waals surface area contributed by atoms with Gasteiger partial charge in [0.05, 0.1) is 21.7 Å². The second-order valence-electron chi connectivity index (χ2n) is 5.54. The van der Waals surface area contributed by atoms with E-state index in [-0.39, 0.29) is 6.79 Å². The van der Waals surface area contributed by atoms with E-state index in [0.29, 0.717) is 6.54 Å². The van der Waals surface area contributed by atoms with Gasteiger partial charge in [0.1, 0.15) is 0 Å². The lowest BCUT2D eigenvalue weighted by Gasteiger charge is -2.11. The molecule has 1 aromatic carbocycles. The number of hydrogen-bond donors (Lipinski definition) is 2. The second kappa shape index (κ2) is 8.53. The Hall–Kier alpha value is -1.80. The third kappa shape index (κ3) is 4.85. The Bertz CT molecular complexity index is 763. The van der Waals surface area contributed by atoms with E-state index in [1.807, 2.05) is 19.1 Å². The minimum atomic E-state index is 0.265. The largest absolute Gasteiger partial charge is 0.454 e. The Morgan fingerprint density at radius 1 is 1.36 bits per heavy atom. The minimum absolute atomic E-state index is 0.265. The van der Waals surface area contributed by atoms with Crippen LogP contribution >= 0.6 is 27.3 Å². The van der Waals surface area contributed by atoms with Crippen LogP contribution in [0.4, 0.5) is 0 Å². The van der Waals surface area contributed by atoms with E-state index in [1.165, 1.54) is 0 Å². The molecule has 0 spiro atoms. The van der Waals surface area contributed by atoms with Gasteiger partial charge in [0.25, 0.3) is 0 Å². The summed E-state index contributed by atoms with van der Waals surface area (Å²) in [4.78, 5) is 9.12. The first kappa shape index (κ1) is 18.0. The van der Waals surface area contributed by atoms with Gasteiger partial charge in [-0.2, -0.15) is 0 Å². The molecule has 0 radical (unpaired) electrons. The van der Waals surface area contributed by atoms with Crippen molar-refractivity contribution in [2.24, 2.45) is 4.99 Å². The van der Waals surface area contributed by atoms with Gasteiger partial charge >= 0.3 is 0 Å². The number of rotatable bonds is 6. The average molecular weight is 425 g/mol. The number of guanidine groups is 1. The van der Waals surface area contributed by atoms with Crippen LogP contribution in [0.2, 0.25) is 0 Å². The summed E-state index contributed by atoms with van der Waals surface area (Å²) in [5.41, 5.74) is 2.18. The molecule has 0 saturated heterocycles. The SMILES string of the molecule is CCNC(=NCc1cc(Br)c2c(c1)OCO2)NCCc1csc(C)n1. The molecule has 0 fully saturated rings. The van der Waals surface area contributed by atoms with Crippen LogP contribution in [-0.2, 0) is 13.0 Å². The van der Waals surface area contributed by atoms with Gasteiger partial charge in [-0.25, -0.2) is 9.98 Å². The molecule has 1 aromatic heterocycles. The number of nitrogens with one attached hydrogen (secondary N) is 2. The fourth-order valence-electron chi connectivity index (χ4n) is 2.46. The van der Waals surface area contributed by atoms with Crippen LogP contribution in [0.15, 0.2) is 27.0 Å². The van der Waals surface area contributed by atoms with Crippen molar-refractivity contribution in [1.29, 1.82) is 0 Å². The van der Waals surface area contributed by atoms with Crippen LogP contribution in [0.25, 0.3) is 0 Å². The van der Waals surface area contributed by atoms with E-state index < -0.39 is 0 Å². The van der Waals surface area contributed by atoms with E-state index in [0.717, 1.165) is 57.7 Å². The Kier molecular flexibility index (Phi) is 6.14. The molecule has 3 rings (SSSR count). The van der Waals surface area contributed by atoms with Gasteiger partial charge in [0, 0.05) is 24.9 Å². The fourth-order valence-corrected chi connectivity index (χ4v) is 3.71. The van der Waals surface area contributed by atoms with E-state index in [1.54, 1.807) is 11.3 Å². The molecule has 1 aliphatic heterocycles. The molecule has 2 aromatic rings. The lowest BCUT2D eigenvalue weighted by Crippen LogP contribution is -2.38. The molecule has 2 N–H and O–H groups in total. The molecule has 8 heteroatoms. The molecule has 1 aliphatic rings. The summed E-state index contributed by atoms with van der Waals surface area (Å²) in [6.07, 6.45) is 0.879. The first-order chi connectivity index (χ1) is 12.2. The van der Waals surface area contributed by atoms with Crippen LogP contribution in [0.1, 0.15) is 23.2 Å². The summed E-state index contributed by atoms with van der Waals surface area (Å²) in [6, 6.07) is 3.98. The van der Waals surface area contributed by atoms with Crippen molar-refractivity contribution in [1.82, 2.24) is 15.6 Å². The quantitative estimate of drug-likeness (QED) is 0.550. The number of aliphatic imine (C=N–C) groups is 1. The van der Waals surface area contributed by atoms with Crippen molar-refractivity contribution >= 4 is 33.2 Å². The van der Waals surface area contributed by atoms with Gasteiger partial charge in [-0.15, -0.1) is 11.3 Å². The van der Waals surface area contributed by atoms with Crippen LogP contribution < -0.4 is 20.1 Å². The van der Waals surface area contributed by atoms with Gasteiger partial charge < -0.3 is 20.1 Å². The molecule has 134 valence electrons. The predicted octanol–water partition coefficient (Wildman–Crippen LogP) is 3.24. The van der Waals surface area contributed by atoms with Crippen molar-refractivity contribution < 1.29 is 9.47 Å². The molecule has 0 bridgehead atoms. The van der Waals surface area contributed by atoms with Gasteiger partial charge in [-0.05, 0) is 47.5 Å². The number of halogens is 1. The van der Waals surface area contributed by atoms with E-state index in [4.69, 9.17) is 9.47 Å². The molecule has 0 unspecified atom stereocenters. The second-order valence-corrected chi connectivity index (χ2v) is 7.46. The van der Waals surface area contributed by atoms with Gasteiger partial charge in [-0.1, -0.05) is 0 Å². The highest BCUT2D eigenvalue weighted by Crippen LogP contribution is 2.40. The summed E-state index contributed by atoms with van der Waals surface area (Å²) in [5.74, 6) is 2.32. The molecule has 25 heavy (non-hydrogen) atoms. The molecule has 0 amide bonds. The maximum Gasteiger partial charge on any atom is 0.231 e. The zero-order valence-electron chi connectivity index (χ0n) is 14.3. The van der Waals surface area contributed by atoms with Crippen molar-refractivity contribution in [2.75, 3.05) is 19.9 Å². The van der Waals surface area contributed by atoms with Crippen LogP contribution in [0.3, 0.4) is 0 Å². The summed E-state index contributed by atoms with van der Waals surface area (Å²) in [6.45, 7) is 6.50. The lowest BCUT2D eigenvalue weighted by molar-refractivity contribution is 0.173. The van der Waals surface area contributed by atoms with Crippen molar-refractivity contribution in [3.63, 3.8) is 0 Å². The minimum Gasteiger partial charge on any atom is -0.454 e. The number of ether oxygens (including phenoxy) is 2. The lowest BCUT2D eigenvalue weighted by atomic mass is 10.2. The maximum atomic E-state index is 5.45. The highest BCUT2D eigenvalue weighted by molar-refractivity contribution is 9.10. The van der Waals surface area contributed by atoms with E-state index in [9.17, 15) is 0 Å². The zero-order valence-corrected chi connectivity index (χ0v) is 16.7. The molecule has 0 saturated carbocycles. The summed E-state index contributed by atoms with van der Waals surface area (Å²) in [7, 11) is 0. The first-order valence-electron chi connectivity index (χ1n) is 8.17. The first-order valence-corrected chi connectivity index (χ1v) is 9.84. The maximum absolute atomic E-state index is 5.45. The third-order valence-corrected chi connectivity index (χ3v) is 5.00. The molecular weight excluding hydrogens is 404 g/mol. The normalized spacial score (nSPS) is 13.2. The number of aryl methyl sites for hydroxylation is 1. The molecule has 0 aliphatic carbocycles. The van der Waals surface area contributed by atoms with Crippen LogP contribution in [0.5, 0.6) is 11.5 Å². The number of thiazole rings is 1. The summed E-state index contributed by atoms with van der Waals surface area (Å²) >= 11 is 5.20. The van der Waals surface area contributed by atoms with Crippen molar-refractivity contribution in [2.45, 2.75) is 26.8 Å². The average Bonchev–Trinajstić information content (AvgIpc) is 3.22. The molecule has 0 atom stereocenters. The Balaban J connectivity index is 1.59.